The molecule has 1 unspecified atom stereocenters. The molecule has 1 amide bonds. The van der Waals surface area contributed by atoms with Gasteiger partial charge in [-0.05, 0) is 18.1 Å². The highest BCUT2D eigenvalue weighted by Gasteiger charge is 2.29. The van der Waals surface area contributed by atoms with Crippen molar-refractivity contribution >= 4 is 5.91 Å². The van der Waals surface area contributed by atoms with Crippen molar-refractivity contribution in [3.63, 3.8) is 0 Å². The van der Waals surface area contributed by atoms with Crippen molar-refractivity contribution in [3.8, 4) is 0 Å². The quantitative estimate of drug-likeness (QED) is 0.846. The van der Waals surface area contributed by atoms with E-state index < -0.39 is 0 Å². The molecule has 1 fully saturated rings. The molecule has 3 rings (SSSR count). The Bertz CT molecular complexity index is 692. The number of hydrogen-bond acceptors (Lipinski definition) is 5. The molecule has 0 saturated carbocycles. The van der Waals surface area contributed by atoms with Crippen LogP contribution in [-0.2, 0) is 16.1 Å². The second-order valence-corrected chi connectivity index (χ2v) is 5.98. The summed E-state index contributed by atoms with van der Waals surface area (Å²) in [5.74, 6) is 1.29. The number of carbonyl (C=O) groups is 1. The first-order valence-corrected chi connectivity index (χ1v) is 7.79. The molecule has 1 aliphatic heterocycles. The first-order chi connectivity index (χ1) is 11.0. The maximum atomic E-state index is 11.1. The summed E-state index contributed by atoms with van der Waals surface area (Å²) in [6.07, 6.45) is 0.0584. The average molecular weight is 315 g/mol. The Labute approximate surface area is 135 Å². The summed E-state index contributed by atoms with van der Waals surface area (Å²) < 4.78 is 11.0. The van der Waals surface area contributed by atoms with Crippen LogP contribution in [0, 0.1) is 6.92 Å². The molecule has 0 aliphatic carbocycles. The van der Waals surface area contributed by atoms with Crippen molar-refractivity contribution in [2.75, 3.05) is 13.1 Å². The number of rotatable bonds is 5. The van der Waals surface area contributed by atoms with E-state index in [0.29, 0.717) is 24.8 Å². The van der Waals surface area contributed by atoms with Crippen LogP contribution < -0.4 is 0 Å². The van der Waals surface area contributed by atoms with Gasteiger partial charge < -0.3 is 14.2 Å². The van der Waals surface area contributed by atoms with Crippen LogP contribution in [0.15, 0.2) is 28.8 Å². The molecule has 1 saturated heterocycles. The van der Waals surface area contributed by atoms with Gasteiger partial charge in [0.15, 0.2) is 5.82 Å². The zero-order valence-corrected chi connectivity index (χ0v) is 13.7. The summed E-state index contributed by atoms with van der Waals surface area (Å²) in [6, 6.07) is 8.19. The Morgan fingerprint density at radius 2 is 2.17 bits per heavy atom. The molecule has 2 heterocycles. The Kier molecular flexibility index (Phi) is 4.43. The van der Waals surface area contributed by atoms with Gasteiger partial charge in [-0.3, -0.25) is 4.79 Å². The molecule has 6 heteroatoms. The van der Waals surface area contributed by atoms with Crippen molar-refractivity contribution in [1.29, 1.82) is 0 Å². The standard InChI is InChI=1S/C17H21N3O3/c1-11-6-4-5-7-15(11)12(2)17-18-16(23-19-17)10-22-14-8-20(9-14)13(3)21/h4-7,12,14H,8-10H2,1-3H3. The third-order valence-electron chi connectivity index (χ3n) is 4.26. The summed E-state index contributed by atoms with van der Waals surface area (Å²) in [4.78, 5) is 17.3. The molecule has 1 atom stereocenters. The first-order valence-electron chi connectivity index (χ1n) is 7.79. The molecule has 6 nitrogen and oxygen atoms in total. The second-order valence-electron chi connectivity index (χ2n) is 5.98. The van der Waals surface area contributed by atoms with Gasteiger partial charge in [0.25, 0.3) is 5.89 Å². The van der Waals surface area contributed by atoms with Gasteiger partial charge in [0.1, 0.15) is 6.61 Å². The van der Waals surface area contributed by atoms with Gasteiger partial charge in [0.2, 0.25) is 5.91 Å². The fraction of sp³-hybridized carbons (Fsp3) is 0.471. The normalized spacial score (nSPS) is 16.2. The third kappa shape index (κ3) is 3.42. The Morgan fingerprint density at radius 3 is 2.87 bits per heavy atom. The highest BCUT2D eigenvalue weighted by molar-refractivity contribution is 5.74. The van der Waals surface area contributed by atoms with Crippen LogP contribution in [0.3, 0.4) is 0 Å². The Morgan fingerprint density at radius 1 is 1.43 bits per heavy atom. The van der Waals surface area contributed by atoms with Gasteiger partial charge in [-0.15, -0.1) is 0 Å². The predicted molar refractivity (Wildman–Crippen MR) is 83.8 cm³/mol. The lowest BCUT2D eigenvalue weighted by Gasteiger charge is -2.37. The fourth-order valence-electron chi connectivity index (χ4n) is 2.70. The van der Waals surface area contributed by atoms with Crippen LogP contribution in [-0.4, -0.2) is 40.1 Å². The third-order valence-corrected chi connectivity index (χ3v) is 4.26. The first kappa shape index (κ1) is 15.7. The van der Waals surface area contributed by atoms with E-state index in [4.69, 9.17) is 9.26 Å². The van der Waals surface area contributed by atoms with E-state index in [1.807, 2.05) is 12.1 Å². The summed E-state index contributed by atoms with van der Waals surface area (Å²) in [7, 11) is 0. The lowest BCUT2D eigenvalue weighted by molar-refractivity contribution is -0.144. The van der Waals surface area contributed by atoms with Crippen molar-refractivity contribution in [2.45, 2.75) is 39.4 Å². The number of amides is 1. The van der Waals surface area contributed by atoms with E-state index >= 15 is 0 Å². The highest BCUT2D eigenvalue weighted by Crippen LogP contribution is 2.24. The zero-order chi connectivity index (χ0) is 16.4. The number of ether oxygens (including phenoxy) is 1. The fourth-order valence-corrected chi connectivity index (χ4v) is 2.70. The van der Waals surface area contributed by atoms with E-state index in [-0.39, 0.29) is 24.5 Å². The lowest BCUT2D eigenvalue weighted by Crippen LogP contribution is -2.53. The van der Waals surface area contributed by atoms with Gasteiger partial charge in [-0.25, -0.2) is 0 Å². The van der Waals surface area contributed by atoms with E-state index in [1.165, 1.54) is 11.1 Å². The minimum atomic E-state index is 0.0584. The van der Waals surface area contributed by atoms with Crippen molar-refractivity contribution in [3.05, 3.63) is 47.1 Å². The lowest BCUT2D eigenvalue weighted by atomic mass is 9.96. The minimum Gasteiger partial charge on any atom is -0.365 e. The van der Waals surface area contributed by atoms with Crippen molar-refractivity contribution in [2.24, 2.45) is 0 Å². The Balaban J connectivity index is 1.56. The molecular formula is C17H21N3O3. The zero-order valence-electron chi connectivity index (χ0n) is 13.7. The largest absolute Gasteiger partial charge is 0.365 e. The second kappa shape index (κ2) is 6.50. The molecule has 1 aliphatic rings. The summed E-state index contributed by atoms with van der Waals surface area (Å²) in [6.45, 7) is 7.26. The average Bonchev–Trinajstić information content (AvgIpc) is 2.94. The maximum absolute atomic E-state index is 11.1. The Hall–Kier alpha value is -2.21. The summed E-state index contributed by atoms with van der Waals surface area (Å²) >= 11 is 0. The highest BCUT2D eigenvalue weighted by atomic mass is 16.5. The molecule has 0 radical (unpaired) electrons. The summed E-state index contributed by atoms with van der Waals surface area (Å²) in [5, 5.41) is 4.07. The van der Waals surface area contributed by atoms with Gasteiger partial charge >= 0.3 is 0 Å². The van der Waals surface area contributed by atoms with E-state index in [1.54, 1.807) is 11.8 Å². The van der Waals surface area contributed by atoms with Crippen LogP contribution in [0.5, 0.6) is 0 Å². The van der Waals surface area contributed by atoms with E-state index in [0.717, 1.165) is 0 Å². The van der Waals surface area contributed by atoms with E-state index in [9.17, 15) is 4.79 Å². The van der Waals surface area contributed by atoms with Gasteiger partial charge in [0, 0.05) is 25.9 Å². The van der Waals surface area contributed by atoms with Crippen LogP contribution >= 0.6 is 0 Å². The number of nitrogens with zero attached hydrogens (tertiary/aromatic N) is 3. The van der Waals surface area contributed by atoms with Gasteiger partial charge in [0.05, 0.1) is 6.10 Å². The molecule has 23 heavy (non-hydrogen) atoms. The number of aryl methyl sites for hydroxylation is 1. The van der Waals surface area contributed by atoms with E-state index in [2.05, 4.69) is 36.1 Å². The van der Waals surface area contributed by atoms with Gasteiger partial charge in [-0.2, -0.15) is 4.98 Å². The van der Waals surface area contributed by atoms with Crippen LogP contribution in [0.25, 0.3) is 0 Å². The van der Waals surface area contributed by atoms with Crippen molar-refractivity contribution < 1.29 is 14.1 Å². The molecule has 0 bridgehead atoms. The number of hydrogen-bond donors (Lipinski definition) is 0. The van der Waals surface area contributed by atoms with Crippen LogP contribution in [0.2, 0.25) is 0 Å². The minimum absolute atomic E-state index is 0.0584. The predicted octanol–water partition coefficient (Wildman–Crippen LogP) is 2.28. The molecule has 0 spiro atoms. The smallest absolute Gasteiger partial charge is 0.252 e. The molecule has 1 aromatic heterocycles. The number of benzene rings is 1. The number of carbonyl (C=O) groups excluding carboxylic acids is 1. The SMILES string of the molecule is CC(=O)N1CC(OCc2nc(C(C)c3ccccc3C)no2)C1. The molecule has 122 valence electrons. The van der Waals surface area contributed by atoms with Crippen LogP contribution in [0.4, 0.5) is 0 Å². The monoisotopic (exact) mass is 315 g/mol. The molecular weight excluding hydrogens is 294 g/mol. The number of aromatic nitrogens is 2. The maximum Gasteiger partial charge on any atom is 0.252 e. The number of likely N-dealkylation sites (tertiary alicyclic amines) is 1. The summed E-state index contributed by atoms with van der Waals surface area (Å²) in [5.41, 5.74) is 2.40. The van der Waals surface area contributed by atoms with Crippen molar-refractivity contribution in [1.82, 2.24) is 15.0 Å². The van der Waals surface area contributed by atoms with Gasteiger partial charge in [-0.1, -0.05) is 36.3 Å². The topological polar surface area (TPSA) is 68.5 Å². The molecule has 0 N–H and O–H groups in total. The molecule has 2 aromatic rings. The molecule has 1 aromatic carbocycles. The van der Waals surface area contributed by atoms with Crippen LogP contribution in [0.1, 0.15) is 42.6 Å².